The molecule has 0 saturated carbocycles. The predicted molar refractivity (Wildman–Crippen MR) is 106 cm³/mol. The molecule has 0 aliphatic carbocycles. The molecule has 1 heterocycles. The lowest BCUT2D eigenvalue weighted by molar-refractivity contribution is 0.0949. The zero-order chi connectivity index (χ0) is 19.3. The molecule has 7 nitrogen and oxygen atoms in total. The van der Waals surface area contributed by atoms with Gasteiger partial charge in [-0.05, 0) is 30.3 Å². The summed E-state index contributed by atoms with van der Waals surface area (Å²) in [7, 11) is -3.58. The molecule has 0 atom stereocenters. The summed E-state index contributed by atoms with van der Waals surface area (Å²) in [6, 6.07) is 17.3. The van der Waals surface area contributed by atoms with E-state index in [4.69, 9.17) is 0 Å². The van der Waals surface area contributed by atoms with Gasteiger partial charge in [-0.2, -0.15) is 5.10 Å². The summed E-state index contributed by atoms with van der Waals surface area (Å²) in [5.74, 6) is -0.357. The largest absolute Gasteiger partial charge is 0.349 e. The third-order valence-corrected chi connectivity index (χ3v) is 5.72. The van der Waals surface area contributed by atoms with Gasteiger partial charge in [-0.25, -0.2) is 13.1 Å². The van der Waals surface area contributed by atoms with Gasteiger partial charge in [-0.1, -0.05) is 46.3 Å². The molecule has 0 saturated heterocycles. The topological polar surface area (TPSA) is 104 Å². The third kappa shape index (κ3) is 5.03. The van der Waals surface area contributed by atoms with E-state index in [1.54, 1.807) is 24.3 Å². The van der Waals surface area contributed by atoms with Crippen molar-refractivity contribution in [3.8, 4) is 11.3 Å². The van der Waals surface area contributed by atoms with Crippen molar-refractivity contribution in [2.24, 2.45) is 0 Å². The smallest absolute Gasteiger partial charge is 0.269 e. The molecule has 3 rings (SSSR count). The highest BCUT2D eigenvalue weighted by Gasteiger charge is 2.14. The number of rotatable bonds is 7. The van der Waals surface area contributed by atoms with Gasteiger partial charge in [0.15, 0.2) is 0 Å². The molecule has 0 aliphatic heterocycles. The van der Waals surface area contributed by atoms with E-state index in [2.05, 4.69) is 36.2 Å². The lowest BCUT2D eigenvalue weighted by atomic mass is 10.1. The number of halogens is 1. The Bertz CT molecular complexity index is 1020. The van der Waals surface area contributed by atoms with Crippen LogP contribution in [0.2, 0.25) is 0 Å². The van der Waals surface area contributed by atoms with Gasteiger partial charge in [0, 0.05) is 23.1 Å². The monoisotopic (exact) mass is 448 g/mol. The molecule has 0 fully saturated rings. The van der Waals surface area contributed by atoms with Crippen LogP contribution in [0.15, 0.2) is 70.0 Å². The maximum absolute atomic E-state index is 12.2. The first-order valence-electron chi connectivity index (χ1n) is 8.10. The highest BCUT2D eigenvalue weighted by molar-refractivity contribution is 9.10. The maximum Gasteiger partial charge on any atom is 0.269 e. The molecule has 2 aromatic carbocycles. The Hall–Kier alpha value is -2.49. The maximum atomic E-state index is 12.2. The van der Waals surface area contributed by atoms with Gasteiger partial charge < -0.3 is 5.32 Å². The fourth-order valence-corrected chi connectivity index (χ4v) is 3.66. The van der Waals surface area contributed by atoms with Crippen molar-refractivity contribution in [1.82, 2.24) is 20.2 Å². The zero-order valence-corrected chi connectivity index (χ0v) is 16.5. The van der Waals surface area contributed by atoms with Crippen molar-refractivity contribution in [3.05, 3.63) is 70.8 Å². The van der Waals surface area contributed by atoms with Crippen LogP contribution in [-0.2, 0) is 10.0 Å². The molecule has 0 unspecified atom stereocenters. The Balaban J connectivity index is 1.52. The zero-order valence-electron chi connectivity index (χ0n) is 14.1. The summed E-state index contributed by atoms with van der Waals surface area (Å²) in [4.78, 5) is 12.4. The summed E-state index contributed by atoms with van der Waals surface area (Å²) in [6.07, 6.45) is 0. The second-order valence-electron chi connectivity index (χ2n) is 5.64. The molecule has 9 heteroatoms. The summed E-state index contributed by atoms with van der Waals surface area (Å²) in [5, 5.41) is 9.47. The summed E-state index contributed by atoms with van der Waals surface area (Å²) >= 11 is 3.37. The van der Waals surface area contributed by atoms with Gasteiger partial charge in [0.2, 0.25) is 10.0 Å². The van der Waals surface area contributed by atoms with Crippen molar-refractivity contribution in [2.45, 2.75) is 4.90 Å². The van der Waals surface area contributed by atoms with Gasteiger partial charge in [0.25, 0.3) is 5.91 Å². The Kier molecular flexibility index (Phi) is 6.04. The van der Waals surface area contributed by atoms with Crippen LogP contribution in [0, 0.1) is 0 Å². The van der Waals surface area contributed by atoms with Crippen LogP contribution >= 0.6 is 15.9 Å². The standard InChI is InChI=1S/C18H17BrN4O3S/c19-14-8-6-13(7-9-14)16-12-17(23-22-16)18(24)20-10-11-21-27(25,26)15-4-2-1-3-5-15/h1-9,12,21H,10-11H2,(H,20,24)(H,22,23). The summed E-state index contributed by atoms with van der Waals surface area (Å²) < 4.78 is 27.6. The second kappa shape index (κ2) is 8.47. The number of nitrogens with zero attached hydrogens (tertiary/aromatic N) is 1. The van der Waals surface area contributed by atoms with E-state index in [1.807, 2.05) is 24.3 Å². The number of amides is 1. The molecule has 0 bridgehead atoms. The van der Waals surface area contributed by atoms with E-state index in [0.29, 0.717) is 11.4 Å². The molecule has 1 aromatic heterocycles. The minimum absolute atomic E-state index is 0.0800. The average Bonchev–Trinajstić information content (AvgIpc) is 3.17. The van der Waals surface area contributed by atoms with Crippen molar-refractivity contribution >= 4 is 31.9 Å². The van der Waals surface area contributed by atoms with Gasteiger partial charge >= 0.3 is 0 Å². The molecular formula is C18H17BrN4O3S. The average molecular weight is 449 g/mol. The molecule has 0 spiro atoms. The van der Waals surface area contributed by atoms with E-state index in [-0.39, 0.29) is 23.9 Å². The van der Waals surface area contributed by atoms with Crippen molar-refractivity contribution in [1.29, 1.82) is 0 Å². The number of sulfonamides is 1. The molecule has 0 aliphatic rings. The minimum atomic E-state index is -3.58. The second-order valence-corrected chi connectivity index (χ2v) is 8.32. The molecule has 3 N–H and O–H groups in total. The van der Waals surface area contributed by atoms with Gasteiger partial charge in [-0.3, -0.25) is 9.89 Å². The van der Waals surface area contributed by atoms with Crippen LogP contribution in [0.4, 0.5) is 0 Å². The number of aromatic amines is 1. The molecule has 0 radical (unpaired) electrons. The third-order valence-electron chi connectivity index (χ3n) is 3.72. The predicted octanol–water partition coefficient (Wildman–Crippen LogP) is 2.55. The van der Waals surface area contributed by atoms with Gasteiger partial charge in [-0.15, -0.1) is 0 Å². The number of aromatic nitrogens is 2. The summed E-state index contributed by atoms with van der Waals surface area (Å²) in [5.41, 5.74) is 1.83. The molecule has 3 aromatic rings. The van der Waals surface area contributed by atoms with Crippen LogP contribution < -0.4 is 10.0 Å². The first kappa shape index (κ1) is 19.3. The van der Waals surface area contributed by atoms with Crippen LogP contribution in [0.1, 0.15) is 10.5 Å². The number of benzene rings is 2. The Morgan fingerprint density at radius 2 is 1.74 bits per heavy atom. The van der Waals surface area contributed by atoms with Crippen molar-refractivity contribution in [3.63, 3.8) is 0 Å². The van der Waals surface area contributed by atoms with Crippen molar-refractivity contribution < 1.29 is 13.2 Å². The Morgan fingerprint density at radius 3 is 2.44 bits per heavy atom. The number of carbonyl (C=O) groups is 1. The van der Waals surface area contributed by atoms with E-state index < -0.39 is 10.0 Å². The quantitative estimate of drug-likeness (QED) is 0.483. The van der Waals surface area contributed by atoms with Crippen LogP contribution in [0.5, 0.6) is 0 Å². The number of hydrogen-bond donors (Lipinski definition) is 3. The highest BCUT2D eigenvalue weighted by atomic mass is 79.9. The number of H-pyrrole nitrogens is 1. The lowest BCUT2D eigenvalue weighted by Crippen LogP contribution is -2.34. The first-order chi connectivity index (χ1) is 13.0. The van der Waals surface area contributed by atoms with Crippen LogP contribution in [0.3, 0.4) is 0 Å². The van der Waals surface area contributed by atoms with Crippen LogP contribution in [0.25, 0.3) is 11.3 Å². The van der Waals surface area contributed by atoms with Gasteiger partial charge in [0.1, 0.15) is 5.69 Å². The lowest BCUT2D eigenvalue weighted by Gasteiger charge is -2.07. The molecular weight excluding hydrogens is 432 g/mol. The normalized spacial score (nSPS) is 11.3. The number of carbonyl (C=O) groups excluding carboxylic acids is 1. The Labute approximate surface area is 165 Å². The van der Waals surface area contributed by atoms with E-state index >= 15 is 0 Å². The SMILES string of the molecule is O=C(NCCNS(=O)(=O)c1ccccc1)c1cc(-c2ccc(Br)cc2)n[nH]1. The fraction of sp³-hybridized carbons (Fsp3) is 0.111. The number of nitrogens with one attached hydrogen (secondary N) is 3. The van der Waals surface area contributed by atoms with Gasteiger partial charge in [0.05, 0.1) is 10.6 Å². The van der Waals surface area contributed by atoms with Crippen LogP contribution in [-0.4, -0.2) is 37.6 Å². The fourth-order valence-electron chi connectivity index (χ4n) is 2.35. The molecule has 1 amide bonds. The number of hydrogen-bond acceptors (Lipinski definition) is 4. The van der Waals surface area contributed by atoms with Crippen molar-refractivity contribution in [2.75, 3.05) is 13.1 Å². The van der Waals surface area contributed by atoms with E-state index in [1.165, 1.54) is 12.1 Å². The summed E-state index contributed by atoms with van der Waals surface area (Å²) in [6.45, 7) is 0.230. The Morgan fingerprint density at radius 1 is 1.04 bits per heavy atom. The first-order valence-corrected chi connectivity index (χ1v) is 10.4. The minimum Gasteiger partial charge on any atom is -0.349 e. The molecule has 140 valence electrons. The molecule has 27 heavy (non-hydrogen) atoms. The van der Waals surface area contributed by atoms with E-state index in [9.17, 15) is 13.2 Å². The van der Waals surface area contributed by atoms with E-state index in [0.717, 1.165) is 10.0 Å². The highest BCUT2D eigenvalue weighted by Crippen LogP contribution is 2.20.